The average molecular weight is 616 g/mol. The molecule has 0 radical (unpaired) electrons. The number of aliphatic hydroxyl groups is 2. The molecule has 1 aromatic rings. The van der Waals surface area contributed by atoms with Gasteiger partial charge in [0.05, 0.1) is 23.3 Å². The fourth-order valence-electron chi connectivity index (χ4n) is 4.85. The van der Waals surface area contributed by atoms with Crippen LogP contribution >= 0.6 is 22.6 Å². The van der Waals surface area contributed by atoms with Crippen molar-refractivity contribution in [3.05, 3.63) is 32.9 Å². The molecule has 2 aliphatic carbocycles. The molecule has 11 heteroatoms. The SMILES string of the molecule is COCC(=O)N(C1CCCC1)C1CC(C(=O)NCCO)=CC(Oc2c(I)cc(C=O)cc2OC)C1O. The Hall–Kier alpha value is -2.22. The van der Waals surface area contributed by atoms with E-state index in [9.17, 15) is 19.5 Å². The van der Waals surface area contributed by atoms with Crippen molar-refractivity contribution in [3.8, 4) is 11.5 Å². The second-order valence-electron chi connectivity index (χ2n) is 8.84. The van der Waals surface area contributed by atoms with Crippen LogP contribution in [0.25, 0.3) is 0 Å². The molecule has 3 N–H and O–H groups in total. The number of halogens is 1. The van der Waals surface area contributed by atoms with Crippen LogP contribution in [0.2, 0.25) is 0 Å². The summed E-state index contributed by atoms with van der Waals surface area (Å²) in [5.41, 5.74) is 0.748. The van der Waals surface area contributed by atoms with Gasteiger partial charge in [-0.05, 0) is 53.6 Å². The molecule has 36 heavy (non-hydrogen) atoms. The lowest BCUT2D eigenvalue weighted by Crippen LogP contribution is -2.58. The molecule has 0 saturated heterocycles. The Morgan fingerprint density at radius 3 is 2.58 bits per heavy atom. The molecule has 2 aliphatic rings. The molecule has 1 saturated carbocycles. The Morgan fingerprint density at radius 1 is 1.25 bits per heavy atom. The van der Waals surface area contributed by atoms with Crippen LogP contribution in [0.5, 0.6) is 11.5 Å². The smallest absolute Gasteiger partial charge is 0.249 e. The van der Waals surface area contributed by atoms with Gasteiger partial charge in [0.25, 0.3) is 0 Å². The van der Waals surface area contributed by atoms with Crippen LogP contribution in [0.3, 0.4) is 0 Å². The summed E-state index contributed by atoms with van der Waals surface area (Å²) in [6.07, 6.45) is 3.80. The highest BCUT2D eigenvalue weighted by Crippen LogP contribution is 2.38. The van der Waals surface area contributed by atoms with Crippen LogP contribution < -0.4 is 14.8 Å². The largest absolute Gasteiger partial charge is 0.493 e. The number of aldehydes is 1. The average Bonchev–Trinajstić information content (AvgIpc) is 3.40. The lowest BCUT2D eigenvalue weighted by Gasteiger charge is -2.43. The van der Waals surface area contributed by atoms with E-state index in [1.807, 2.05) is 22.6 Å². The standard InChI is InChI=1S/C25H33IN2O8/c1-34-14-22(31)28(17-5-3-4-6-17)19-11-16(25(33)27-7-8-29)12-20(23(19)32)36-24-18(26)9-15(13-30)10-21(24)35-2/h9-10,12-13,17,19-20,23,29,32H,3-8,11,14H2,1-2H3,(H,27,33). The fourth-order valence-corrected chi connectivity index (χ4v) is 5.60. The molecule has 1 aromatic carbocycles. The summed E-state index contributed by atoms with van der Waals surface area (Å²) in [5.74, 6) is -0.0405. The lowest BCUT2D eigenvalue weighted by molar-refractivity contribution is -0.145. The number of aliphatic hydroxyl groups excluding tert-OH is 2. The number of hydrogen-bond donors (Lipinski definition) is 3. The zero-order valence-corrected chi connectivity index (χ0v) is 22.6. The van der Waals surface area contributed by atoms with E-state index in [1.165, 1.54) is 20.3 Å². The van der Waals surface area contributed by atoms with Gasteiger partial charge in [-0.15, -0.1) is 0 Å². The Bertz CT molecular complexity index is 979. The summed E-state index contributed by atoms with van der Waals surface area (Å²) < 4.78 is 17.3. The van der Waals surface area contributed by atoms with E-state index in [2.05, 4.69) is 5.32 Å². The number of ether oxygens (including phenoxy) is 3. The van der Waals surface area contributed by atoms with Crippen molar-refractivity contribution in [2.45, 2.75) is 56.4 Å². The van der Waals surface area contributed by atoms with Gasteiger partial charge in [0.15, 0.2) is 11.5 Å². The molecule has 2 amide bonds. The van der Waals surface area contributed by atoms with Gasteiger partial charge in [-0.1, -0.05) is 12.8 Å². The van der Waals surface area contributed by atoms with E-state index in [1.54, 1.807) is 17.0 Å². The van der Waals surface area contributed by atoms with Crippen molar-refractivity contribution in [2.24, 2.45) is 0 Å². The van der Waals surface area contributed by atoms with Crippen LogP contribution in [0.15, 0.2) is 23.8 Å². The normalized spacial score (nSPS) is 22.0. The number of methoxy groups -OCH3 is 2. The minimum atomic E-state index is -1.15. The fraction of sp³-hybridized carbons (Fsp3) is 0.560. The third kappa shape index (κ3) is 6.55. The van der Waals surface area contributed by atoms with E-state index in [4.69, 9.17) is 19.3 Å². The van der Waals surface area contributed by atoms with Crippen molar-refractivity contribution in [2.75, 3.05) is 34.0 Å². The summed E-state index contributed by atoms with van der Waals surface area (Å²) in [7, 11) is 2.89. The highest BCUT2D eigenvalue weighted by Gasteiger charge is 2.43. The molecule has 0 aliphatic heterocycles. The van der Waals surface area contributed by atoms with Gasteiger partial charge in [0.1, 0.15) is 25.1 Å². The molecule has 0 spiro atoms. The number of hydrogen-bond acceptors (Lipinski definition) is 8. The topological polar surface area (TPSA) is 135 Å². The van der Waals surface area contributed by atoms with Gasteiger partial charge in [-0.3, -0.25) is 14.4 Å². The number of carbonyl (C=O) groups is 3. The molecule has 0 aromatic heterocycles. The van der Waals surface area contributed by atoms with E-state index in [-0.39, 0.29) is 38.1 Å². The zero-order chi connectivity index (χ0) is 26.2. The molecular weight excluding hydrogens is 583 g/mol. The second kappa shape index (κ2) is 13.4. The van der Waals surface area contributed by atoms with Gasteiger partial charge in [-0.25, -0.2) is 0 Å². The maximum atomic E-state index is 13.2. The van der Waals surface area contributed by atoms with Crippen molar-refractivity contribution in [1.29, 1.82) is 0 Å². The quantitative estimate of drug-likeness (QED) is 0.251. The first-order valence-corrected chi connectivity index (χ1v) is 13.0. The molecule has 3 atom stereocenters. The van der Waals surface area contributed by atoms with Crippen LogP contribution in [0.1, 0.15) is 42.5 Å². The Kier molecular flexibility index (Phi) is 10.5. The number of amides is 2. The van der Waals surface area contributed by atoms with Crippen molar-refractivity contribution in [3.63, 3.8) is 0 Å². The third-order valence-corrected chi connectivity index (χ3v) is 7.29. The van der Waals surface area contributed by atoms with Crippen LogP contribution in [0.4, 0.5) is 0 Å². The highest BCUT2D eigenvalue weighted by atomic mass is 127. The van der Waals surface area contributed by atoms with Crippen LogP contribution in [0, 0.1) is 3.57 Å². The van der Waals surface area contributed by atoms with Crippen molar-refractivity contribution >= 4 is 40.7 Å². The van der Waals surface area contributed by atoms with E-state index >= 15 is 0 Å². The zero-order valence-electron chi connectivity index (χ0n) is 20.4. The van der Waals surface area contributed by atoms with Gasteiger partial charge in [0, 0.05) is 37.3 Å². The van der Waals surface area contributed by atoms with Crippen molar-refractivity contribution in [1.82, 2.24) is 10.2 Å². The molecule has 0 heterocycles. The van der Waals surface area contributed by atoms with Crippen molar-refractivity contribution < 1.29 is 38.8 Å². The summed E-state index contributed by atoms with van der Waals surface area (Å²) in [4.78, 5) is 39.0. The van der Waals surface area contributed by atoms with E-state index in [0.717, 1.165) is 25.7 Å². The Morgan fingerprint density at radius 2 is 1.97 bits per heavy atom. The predicted octanol–water partition coefficient (Wildman–Crippen LogP) is 1.45. The van der Waals surface area contributed by atoms with E-state index in [0.29, 0.717) is 32.5 Å². The summed E-state index contributed by atoms with van der Waals surface area (Å²) in [5, 5.41) is 23.3. The van der Waals surface area contributed by atoms with Gasteiger partial charge in [0.2, 0.25) is 11.8 Å². The molecule has 0 bridgehead atoms. The van der Waals surface area contributed by atoms with E-state index < -0.39 is 24.2 Å². The summed E-state index contributed by atoms with van der Waals surface area (Å²) >= 11 is 2.02. The number of nitrogens with zero attached hydrogens (tertiary/aromatic N) is 1. The number of benzene rings is 1. The highest BCUT2D eigenvalue weighted by molar-refractivity contribution is 14.1. The Labute approximate surface area is 224 Å². The minimum Gasteiger partial charge on any atom is -0.493 e. The Balaban J connectivity index is 2.01. The van der Waals surface area contributed by atoms with Gasteiger partial charge >= 0.3 is 0 Å². The predicted molar refractivity (Wildman–Crippen MR) is 139 cm³/mol. The van der Waals surface area contributed by atoms with Gasteiger partial charge in [-0.2, -0.15) is 0 Å². The number of rotatable bonds is 11. The maximum Gasteiger partial charge on any atom is 0.249 e. The first-order valence-electron chi connectivity index (χ1n) is 11.9. The third-order valence-electron chi connectivity index (χ3n) is 6.49. The minimum absolute atomic E-state index is 0.0722. The summed E-state index contributed by atoms with van der Waals surface area (Å²) in [6.45, 7) is -0.285. The maximum absolute atomic E-state index is 13.2. The van der Waals surface area contributed by atoms with Gasteiger partial charge < -0.3 is 34.6 Å². The van der Waals surface area contributed by atoms with Crippen LogP contribution in [-0.4, -0.2) is 91.5 Å². The molecule has 10 nitrogen and oxygen atoms in total. The lowest BCUT2D eigenvalue weighted by atomic mass is 9.87. The first-order chi connectivity index (χ1) is 17.3. The summed E-state index contributed by atoms with van der Waals surface area (Å²) in [6, 6.07) is 2.36. The molecule has 3 unspecified atom stereocenters. The van der Waals surface area contributed by atoms with Crippen LogP contribution in [-0.2, 0) is 14.3 Å². The second-order valence-corrected chi connectivity index (χ2v) is 10.0. The molecular formula is C25H33IN2O8. The molecule has 198 valence electrons. The number of carbonyl (C=O) groups excluding carboxylic acids is 3. The first kappa shape index (κ1) is 28.4. The number of nitrogens with one attached hydrogen (secondary N) is 1. The monoisotopic (exact) mass is 616 g/mol. The molecule has 1 fully saturated rings. The molecule has 3 rings (SSSR count).